The van der Waals surface area contributed by atoms with Gasteiger partial charge in [0, 0.05) is 28.2 Å². The van der Waals surface area contributed by atoms with Gasteiger partial charge in [-0.25, -0.2) is 4.98 Å². The Hall–Kier alpha value is -2.68. The number of para-hydroxylation sites is 1. The molecule has 0 aliphatic heterocycles. The molecule has 3 nitrogen and oxygen atoms in total. The van der Waals surface area contributed by atoms with Gasteiger partial charge in [-0.1, -0.05) is 18.2 Å². The van der Waals surface area contributed by atoms with Gasteiger partial charge in [-0.05, 0) is 43.7 Å². The van der Waals surface area contributed by atoms with Crippen molar-refractivity contribution in [2.45, 2.75) is 13.8 Å². The molecule has 0 saturated heterocycles. The maximum atomic E-state index is 6.02. The molecule has 3 aromatic heterocycles. The average molecular weight is 274 g/mol. The summed E-state index contributed by atoms with van der Waals surface area (Å²) in [5, 5.41) is 2.15. The van der Waals surface area contributed by atoms with Gasteiger partial charge in [-0.15, -0.1) is 0 Å². The minimum atomic E-state index is 0.691. The van der Waals surface area contributed by atoms with E-state index in [1.165, 1.54) is 5.56 Å². The highest BCUT2D eigenvalue weighted by molar-refractivity contribution is 6.08. The van der Waals surface area contributed by atoms with E-state index < -0.39 is 0 Å². The summed E-state index contributed by atoms with van der Waals surface area (Å²) in [5.74, 6) is 0. The topological polar surface area (TPSA) is 38.9 Å². The van der Waals surface area contributed by atoms with Crippen molar-refractivity contribution in [3.8, 4) is 11.3 Å². The fourth-order valence-electron chi connectivity index (χ4n) is 2.63. The van der Waals surface area contributed by atoms with Crippen LogP contribution in [0, 0.1) is 13.8 Å². The molecule has 0 atom stereocenters. The van der Waals surface area contributed by atoms with Crippen LogP contribution in [-0.4, -0.2) is 9.97 Å². The summed E-state index contributed by atoms with van der Waals surface area (Å²) in [6.07, 6.45) is 1.80. The molecular formula is C18H14N2O. The molecule has 0 spiro atoms. The van der Waals surface area contributed by atoms with Gasteiger partial charge in [0.15, 0.2) is 0 Å². The summed E-state index contributed by atoms with van der Waals surface area (Å²) in [6.45, 7) is 4.07. The second-order valence-electron chi connectivity index (χ2n) is 5.24. The molecule has 0 amide bonds. The summed E-state index contributed by atoms with van der Waals surface area (Å²) in [5.41, 5.74) is 5.63. The molecule has 102 valence electrons. The first-order valence-electron chi connectivity index (χ1n) is 6.95. The van der Waals surface area contributed by atoms with E-state index >= 15 is 0 Å². The van der Waals surface area contributed by atoms with Crippen LogP contribution in [0.2, 0.25) is 0 Å². The van der Waals surface area contributed by atoms with Crippen LogP contribution in [0.25, 0.3) is 33.3 Å². The summed E-state index contributed by atoms with van der Waals surface area (Å²) < 4.78 is 6.02. The van der Waals surface area contributed by atoms with Crippen molar-refractivity contribution in [1.82, 2.24) is 9.97 Å². The highest BCUT2D eigenvalue weighted by Crippen LogP contribution is 2.34. The molecule has 3 heterocycles. The molecule has 0 fully saturated rings. The zero-order valence-electron chi connectivity index (χ0n) is 11.9. The third-order valence-electron chi connectivity index (χ3n) is 3.88. The first kappa shape index (κ1) is 12.1. The van der Waals surface area contributed by atoms with Crippen molar-refractivity contribution >= 4 is 22.1 Å². The van der Waals surface area contributed by atoms with Gasteiger partial charge in [0.2, 0.25) is 5.71 Å². The number of rotatable bonds is 1. The summed E-state index contributed by atoms with van der Waals surface area (Å²) in [4.78, 5) is 8.98. The molecule has 1 aromatic carbocycles. The van der Waals surface area contributed by atoms with Crippen LogP contribution < -0.4 is 0 Å². The van der Waals surface area contributed by atoms with Gasteiger partial charge in [0.25, 0.3) is 0 Å². The molecule has 0 aliphatic rings. The summed E-state index contributed by atoms with van der Waals surface area (Å²) in [7, 11) is 0. The van der Waals surface area contributed by atoms with E-state index in [4.69, 9.17) is 4.42 Å². The van der Waals surface area contributed by atoms with Crippen molar-refractivity contribution < 1.29 is 4.42 Å². The Morgan fingerprint density at radius 2 is 1.86 bits per heavy atom. The quantitative estimate of drug-likeness (QED) is 0.506. The van der Waals surface area contributed by atoms with Gasteiger partial charge < -0.3 is 4.42 Å². The number of hydrogen-bond acceptors (Lipinski definition) is 3. The van der Waals surface area contributed by atoms with E-state index in [2.05, 4.69) is 29.0 Å². The number of hydrogen-bond donors (Lipinski definition) is 0. The Balaban J connectivity index is 2.11. The van der Waals surface area contributed by atoms with Crippen molar-refractivity contribution in [2.75, 3.05) is 0 Å². The largest absolute Gasteiger partial charge is 0.437 e. The molecule has 0 N–H and O–H groups in total. The number of benzene rings is 1. The summed E-state index contributed by atoms with van der Waals surface area (Å²) >= 11 is 0. The average Bonchev–Trinajstić information content (AvgIpc) is 2.86. The van der Waals surface area contributed by atoms with E-state index in [1.807, 2.05) is 37.3 Å². The Kier molecular flexibility index (Phi) is 2.54. The predicted octanol–water partition coefficient (Wildman–Crippen LogP) is 4.66. The second kappa shape index (κ2) is 4.42. The Labute approximate surface area is 122 Å². The van der Waals surface area contributed by atoms with Gasteiger partial charge in [-0.3, -0.25) is 4.98 Å². The third-order valence-corrected chi connectivity index (χ3v) is 3.88. The predicted molar refractivity (Wildman–Crippen MR) is 84.2 cm³/mol. The Morgan fingerprint density at radius 1 is 0.952 bits per heavy atom. The highest BCUT2D eigenvalue weighted by atomic mass is 16.3. The van der Waals surface area contributed by atoms with Gasteiger partial charge in [-0.2, -0.15) is 0 Å². The number of pyridine rings is 2. The third kappa shape index (κ3) is 1.82. The zero-order chi connectivity index (χ0) is 14.4. The van der Waals surface area contributed by atoms with Crippen LogP contribution in [0.1, 0.15) is 11.3 Å². The first-order valence-corrected chi connectivity index (χ1v) is 6.95. The van der Waals surface area contributed by atoms with Crippen molar-refractivity contribution in [2.24, 2.45) is 0 Å². The normalized spacial score (nSPS) is 11.3. The SMILES string of the molecule is Cc1cc2c(nc1C)oc1c(-c3ccccn3)cccc12. The lowest BCUT2D eigenvalue weighted by atomic mass is 10.1. The standard InChI is InChI=1S/C18H14N2O/c1-11-10-15-13-6-5-7-14(16-8-3-4-9-19-16)17(13)21-18(15)20-12(11)2/h3-10H,1-2H3. The van der Waals surface area contributed by atoms with Crippen molar-refractivity contribution in [3.05, 3.63) is 59.9 Å². The van der Waals surface area contributed by atoms with E-state index in [0.29, 0.717) is 5.71 Å². The van der Waals surface area contributed by atoms with Crippen LogP contribution in [0.4, 0.5) is 0 Å². The summed E-state index contributed by atoms with van der Waals surface area (Å²) in [6, 6.07) is 14.2. The minimum absolute atomic E-state index is 0.691. The fourth-order valence-corrected chi connectivity index (χ4v) is 2.63. The number of nitrogens with zero attached hydrogens (tertiary/aromatic N) is 2. The fraction of sp³-hybridized carbons (Fsp3) is 0.111. The molecular weight excluding hydrogens is 260 g/mol. The minimum Gasteiger partial charge on any atom is -0.437 e. The highest BCUT2D eigenvalue weighted by Gasteiger charge is 2.14. The molecule has 0 unspecified atom stereocenters. The van der Waals surface area contributed by atoms with E-state index in [0.717, 1.165) is 33.3 Å². The molecule has 0 aliphatic carbocycles. The molecule has 3 heteroatoms. The van der Waals surface area contributed by atoms with E-state index in [1.54, 1.807) is 6.20 Å². The molecule has 4 aromatic rings. The first-order chi connectivity index (χ1) is 10.2. The van der Waals surface area contributed by atoms with Gasteiger partial charge in [0.05, 0.1) is 5.69 Å². The molecule has 21 heavy (non-hydrogen) atoms. The number of fused-ring (bicyclic) bond motifs is 3. The molecule has 0 radical (unpaired) electrons. The Morgan fingerprint density at radius 3 is 2.67 bits per heavy atom. The maximum Gasteiger partial charge on any atom is 0.227 e. The van der Waals surface area contributed by atoms with E-state index in [9.17, 15) is 0 Å². The number of aromatic nitrogens is 2. The lowest BCUT2D eigenvalue weighted by molar-refractivity contribution is 0.653. The van der Waals surface area contributed by atoms with Crippen LogP contribution in [-0.2, 0) is 0 Å². The lowest BCUT2D eigenvalue weighted by Gasteiger charge is -2.00. The zero-order valence-corrected chi connectivity index (χ0v) is 11.9. The second-order valence-corrected chi connectivity index (χ2v) is 5.24. The lowest BCUT2D eigenvalue weighted by Crippen LogP contribution is -1.85. The molecule has 0 bridgehead atoms. The number of aryl methyl sites for hydroxylation is 2. The van der Waals surface area contributed by atoms with Crippen molar-refractivity contribution in [3.63, 3.8) is 0 Å². The van der Waals surface area contributed by atoms with E-state index in [-0.39, 0.29) is 0 Å². The Bertz CT molecular complexity index is 955. The molecule has 4 rings (SSSR count). The van der Waals surface area contributed by atoms with Crippen LogP contribution in [0.15, 0.2) is 53.1 Å². The maximum absolute atomic E-state index is 6.02. The van der Waals surface area contributed by atoms with Crippen molar-refractivity contribution in [1.29, 1.82) is 0 Å². The van der Waals surface area contributed by atoms with Gasteiger partial charge >= 0.3 is 0 Å². The number of furan rings is 1. The van der Waals surface area contributed by atoms with Crippen LogP contribution in [0.5, 0.6) is 0 Å². The molecule has 0 saturated carbocycles. The van der Waals surface area contributed by atoms with Crippen LogP contribution in [0.3, 0.4) is 0 Å². The van der Waals surface area contributed by atoms with Crippen LogP contribution >= 0.6 is 0 Å². The smallest absolute Gasteiger partial charge is 0.227 e. The van der Waals surface area contributed by atoms with Gasteiger partial charge in [0.1, 0.15) is 5.58 Å². The monoisotopic (exact) mass is 274 g/mol.